The molecule has 0 radical (unpaired) electrons. The molecule has 0 amide bonds. The van der Waals surface area contributed by atoms with E-state index in [1.807, 2.05) is 6.07 Å². The standard InChI is InChI=1S/C9H8N4O2/c14-8-5-11-13(9(15)12-8)6-7-3-1-2-4-10-7/h1-5H,6H2,(H,12,14,15). The number of hydrogen-bond donors (Lipinski definition) is 1. The molecule has 2 heterocycles. The fraction of sp³-hybridized carbons (Fsp3) is 0.111. The fourth-order valence-corrected chi connectivity index (χ4v) is 1.13. The molecule has 0 spiro atoms. The maximum absolute atomic E-state index is 11.3. The Morgan fingerprint density at radius 3 is 2.87 bits per heavy atom. The summed E-state index contributed by atoms with van der Waals surface area (Å²) in [6.07, 6.45) is 2.69. The van der Waals surface area contributed by atoms with Crippen molar-refractivity contribution in [3.63, 3.8) is 0 Å². The van der Waals surface area contributed by atoms with Crippen LogP contribution in [0.1, 0.15) is 5.69 Å². The topological polar surface area (TPSA) is 80.6 Å². The van der Waals surface area contributed by atoms with Crippen LogP contribution in [0.4, 0.5) is 0 Å². The molecule has 0 saturated heterocycles. The summed E-state index contributed by atoms with van der Waals surface area (Å²) in [5.74, 6) is 0. The van der Waals surface area contributed by atoms with Gasteiger partial charge in [-0.3, -0.25) is 14.8 Å². The first kappa shape index (κ1) is 9.32. The minimum absolute atomic E-state index is 0.246. The summed E-state index contributed by atoms with van der Waals surface area (Å²) in [6, 6.07) is 5.38. The highest BCUT2D eigenvalue weighted by molar-refractivity contribution is 5.03. The predicted molar refractivity (Wildman–Crippen MR) is 52.5 cm³/mol. The minimum Gasteiger partial charge on any atom is -0.271 e. The van der Waals surface area contributed by atoms with Crippen molar-refractivity contribution < 1.29 is 0 Å². The van der Waals surface area contributed by atoms with Gasteiger partial charge in [-0.15, -0.1) is 0 Å². The van der Waals surface area contributed by atoms with Crippen LogP contribution in [-0.2, 0) is 6.54 Å². The van der Waals surface area contributed by atoms with Crippen molar-refractivity contribution in [3.8, 4) is 0 Å². The van der Waals surface area contributed by atoms with Gasteiger partial charge in [0.1, 0.15) is 6.20 Å². The summed E-state index contributed by atoms with van der Waals surface area (Å²) >= 11 is 0. The van der Waals surface area contributed by atoms with Gasteiger partial charge in [0.05, 0.1) is 12.2 Å². The van der Waals surface area contributed by atoms with Crippen molar-refractivity contribution in [2.24, 2.45) is 0 Å². The van der Waals surface area contributed by atoms with E-state index in [-0.39, 0.29) is 6.54 Å². The van der Waals surface area contributed by atoms with E-state index in [0.29, 0.717) is 5.69 Å². The lowest BCUT2D eigenvalue weighted by Crippen LogP contribution is -2.31. The van der Waals surface area contributed by atoms with Gasteiger partial charge in [-0.25, -0.2) is 9.48 Å². The van der Waals surface area contributed by atoms with Gasteiger partial charge in [0.2, 0.25) is 0 Å². The van der Waals surface area contributed by atoms with Crippen LogP contribution in [0.5, 0.6) is 0 Å². The van der Waals surface area contributed by atoms with Crippen LogP contribution in [0.2, 0.25) is 0 Å². The molecular formula is C9H8N4O2. The van der Waals surface area contributed by atoms with Gasteiger partial charge in [0.25, 0.3) is 5.56 Å². The van der Waals surface area contributed by atoms with Crippen molar-refractivity contribution in [1.82, 2.24) is 19.7 Å². The molecule has 0 unspecified atom stereocenters. The molecule has 6 nitrogen and oxygen atoms in total. The van der Waals surface area contributed by atoms with E-state index in [1.165, 1.54) is 0 Å². The molecule has 2 rings (SSSR count). The molecule has 2 aromatic rings. The van der Waals surface area contributed by atoms with Crippen molar-refractivity contribution in [2.45, 2.75) is 6.54 Å². The molecule has 2 aromatic heterocycles. The second-order valence-electron chi connectivity index (χ2n) is 2.92. The lowest BCUT2D eigenvalue weighted by atomic mass is 10.3. The molecule has 6 heteroatoms. The number of pyridine rings is 1. The van der Waals surface area contributed by atoms with Crippen LogP contribution >= 0.6 is 0 Å². The molecule has 15 heavy (non-hydrogen) atoms. The number of rotatable bonds is 2. The van der Waals surface area contributed by atoms with Crippen molar-refractivity contribution in [1.29, 1.82) is 0 Å². The number of nitrogens with one attached hydrogen (secondary N) is 1. The Labute approximate surface area is 84.2 Å². The van der Waals surface area contributed by atoms with E-state index >= 15 is 0 Å². The summed E-state index contributed by atoms with van der Waals surface area (Å²) in [5.41, 5.74) is -0.329. The van der Waals surface area contributed by atoms with Gasteiger partial charge in [-0.2, -0.15) is 5.10 Å². The highest BCUT2D eigenvalue weighted by atomic mass is 16.2. The lowest BCUT2D eigenvalue weighted by molar-refractivity contribution is 0.598. The van der Waals surface area contributed by atoms with E-state index in [4.69, 9.17) is 0 Å². The Hall–Kier alpha value is -2.24. The number of aromatic nitrogens is 4. The van der Waals surface area contributed by atoms with Gasteiger partial charge >= 0.3 is 5.69 Å². The maximum atomic E-state index is 11.3. The van der Waals surface area contributed by atoms with Crippen molar-refractivity contribution in [3.05, 3.63) is 57.1 Å². The summed E-state index contributed by atoms with van der Waals surface area (Å²) in [7, 11) is 0. The first-order valence-corrected chi connectivity index (χ1v) is 4.32. The fourth-order valence-electron chi connectivity index (χ4n) is 1.13. The van der Waals surface area contributed by atoms with Gasteiger partial charge in [-0.05, 0) is 12.1 Å². The second-order valence-corrected chi connectivity index (χ2v) is 2.92. The summed E-state index contributed by atoms with van der Waals surface area (Å²) in [6.45, 7) is 0.246. The van der Waals surface area contributed by atoms with Crippen LogP contribution in [0.15, 0.2) is 40.2 Å². The number of hydrogen-bond acceptors (Lipinski definition) is 4. The first-order valence-electron chi connectivity index (χ1n) is 4.32. The Balaban J connectivity index is 2.33. The molecule has 0 aliphatic carbocycles. The van der Waals surface area contributed by atoms with E-state index < -0.39 is 11.2 Å². The zero-order chi connectivity index (χ0) is 10.7. The highest BCUT2D eigenvalue weighted by Crippen LogP contribution is 1.93. The van der Waals surface area contributed by atoms with E-state index in [9.17, 15) is 9.59 Å². The monoisotopic (exact) mass is 204 g/mol. The Kier molecular flexibility index (Phi) is 2.40. The molecule has 76 valence electrons. The van der Waals surface area contributed by atoms with Gasteiger partial charge in [0.15, 0.2) is 0 Å². The zero-order valence-electron chi connectivity index (χ0n) is 7.75. The number of nitrogens with zero attached hydrogens (tertiary/aromatic N) is 3. The quantitative estimate of drug-likeness (QED) is 0.706. The van der Waals surface area contributed by atoms with E-state index in [2.05, 4.69) is 15.1 Å². The normalized spacial score (nSPS) is 10.1. The Bertz CT molecular complexity index is 558. The molecule has 0 aromatic carbocycles. The third kappa shape index (κ3) is 2.16. The van der Waals surface area contributed by atoms with Crippen LogP contribution < -0.4 is 11.2 Å². The predicted octanol–water partition coefficient (Wildman–Crippen LogP) is -0.625. The van der Waals surface area contributed by atoms with Gasteiger partial charge in [0, 0.05) is 6.20 Å². The second kappa shape index (κ2) is 3.87. The third-order valence-corrected chi connectivity index (χ3v) is 1.82. The summed E-state index contributed by atoms with van der Waals surface area (Å²) in [5, 5.41) is 3.69. The molecule has 0 saturated carbocycles. The van der Waals surface area contributed by atoms with E-state index in [0.717, 1.165) is 10.9 Å². The molecule has 0 aliphatic rings. The largest absolute Gasteiger partial charge is 0.345 e. The molecule has 1 N–H and O–H groups in total. The summed E-state index contributed by atoms with van der Waals surface area (Å²) < 4.78 is 1.14. The Morgan fingerprint density at radius 2 is 2.20 bits per heavy atom. The molecular weight excluding hydrogens is 196 g/mol. The average Bonchev–Trinajstić information content (AvgIpc) is 2.24. The average molecular weight is 204 g/mol. The highest BCUT2D eigenvalue weighted by Gasteiger charge is 1.99. The molecule has 0 aliphatic heterocycles. The molecule has 0 bridgehead atoms. The zero-order valence-corrected chi connectivity index (χ0v) is 7.75. The minimum atomic E-state index is -0.534. The van der Waals surface area contributed by atoms with Crippen LogP contribution in [0.3, 0.4) is 0 Å². The van der Waals surface area contributed by atoms with E-state index in [1.54, 1.807) is 18.3 Å². The summed E-state index contributed by atoms with van der Waals surface area (Å²) in [4.78, 5) is 28.2. The first-order chi connectivity index (χ1) is 7.25. The molecule has 0 fully saturated rings. The maximum Gasteiger partial charge on any atom is 0.345 e. The number of H-pyrrole nitrogens is 1. The third-order valence-electron chi connectivity index (χ3n) is 1.82. The lowest BCUT2D eigenvalue weighted by Gasteiger charge is -2.01. The number of aromatic amines is 1. The van der Waals surface area contributed by atoms with Crippen LogP contribution in [0, 0.1) is 0 Å². The van der Waals surface area contributed by atoms with Crippen molar-refractivity contribution in [2.75, 3.05) is 0 Å². The molecule has 0 atom stereocenters. The smallest absolute Gasteiger partial charge is 0.271 e. The SMILES string of the molecule is O=c1cnn(Cc2ccccn2)c(=O)[nH]1. The van der Waals surface area contributed by atoms with Gasteiger partial charge in [-0.1, -0.05) is 6.07 Å². The van der Waals surface area contributed by atoms with Gasteiger partial charge < -0.3 is 0 Å². The Morgan fingerprint density at radius 1 is 1.33 bits per heavy atom. The van der Waals surface area contributed by atoms with Crippen LogP contribution in [-0.4, -0.2) is 19.7 Å². The van der Waals surface area contributed by atoms with Crippen LogP contribution in [0.25, 0.3) is 0 Å². The van der Waals surface area contributed by atoms with Crippen molar-refractivity contribution >= 4 is 0 Å².